The van der Waals surface area contributed by atoms with E-state index in [1.165, 1.54) is 11.1 Å². The van der Waals surface area contributed by atoms with Gasteiger partial charge in [0.05, 0.1) is 12.0 Å². The van der Waals surface area contributed by atoms with Crippen LogP contribution in [0, 0.1) is 6.92 Å². The highest BCUT2D eigenvalue weighted by Gasteiger charge is 1.99. The summed E-state index contributed by atoms with van der Waals surface area (Å²) < 4.78 is 1.99. The van der Waals surface area contributed by atoms with E-state index in [4.69, 9.17) is 0 Å². The van der Waals surface area contributed by atoms with E-state index >= 15 is 0 Å². The molecular weight excluding hydrogens is 200 g/mol. The number of rotatable bonds is 4. The van der Waals surface area contributed by atoms with Gasteiger partial charge in [0.2, 0.25) is 0 Å². The maximum atomic E-state index is 10.3. The minimum absolute atomic E-state index is 0.390. The molecule has 82 valence electrons. The fourth-order valence-corrected chi connectivity index (χ4v) is 1.70. The predicted molar refractivity (Wildman–Crippen MR) is 62.3 cm³/mol. The van der Waals surface area contributed by atoms with Crippen LogP contribution in [0.3, 0.4) is 0 Å². The molecule has 3 nitrogen and oxygen atoms in total. The van der Waals surface area contributed by atoms with E-state index in [0.29, 0.717) is 6.42 Å². The van der Waals surface area contributed by atoms with Crippen molar-refractivity contribution in [3.8, 4) is 0 Å². The molecule has 1 aromatic heterocycles. The largest absolute Gasteiger partial charge is 0.333 e. The monoisotopic (exact) mass is 214 g/mol. The van der Waals surface area contributed by atoms with Gasteiger partial charge in [0.1, 0.15) is 6.29 Å². The Morgan fingerprint density at radius 2 is 2.31 bits per heavy atom. The molecule has 1 aromatic carbocycles. The van der Waals surface area contributed by atoms with Crippen LogP contribution in [0.2, 0.25) is 0 Å². The maximum Gasteiger partial charge on any atom is 0.125 e. The van der Waals surface area contributed by atoms with Gasteiger partial charge >= 0.3 is 0 Å². The Balaban J connectivity index is 2.11. The summed E-state index contributed by atoms with van der Waals surface area (Å²) in [6.45, 7) is 2.88. The van der Waals surface area contributed by atoms with Gasteiger partial charge in [-0.1, -0.05) is 29.8 Å². The Labute approximate surface area is 94.7 Å². The molecule has 0 unspecified atom stereocenters. The first-order valence-corrected chi connectivity index (χ1v) is 5.28. The van der Waals surface area contributed by atoms with Crippen molar-refractivity contribution in [2.24, 2.45) is 0 Å². The van der Waals surface area contributed by atoms with Gasteiger partial charge in [-0.2, -0.15) is 0 Å². The summed E-state index contributed by atoms with van der Waals surface area (Å²) >= 11 is 0. The van der Waals surface area contributed by atoms with Gasteiger partial charge in [-0.3, -0.25) is 0 Å². The number of benzene rings is 1. The Morgan fingerprint density at radius 1 is 1.44 bits per heavy atom. The van der Waals surface area contributed by atoms with Crippen LogP contribution in [-0.2, 0) is 17.8 Å². The van der Waals surface area contributed by atoms with Crippen molar-refractivity contribution >= 4 is 6.29 Å². The van der Waals surface area contributed by atoms with Crippen LogP contribution in [0.5, 0.6) is 0 Å². The standard InChI is InChI=1S/C13H14N2O/c1-11-3-2-4-12(7-11)8-15-9-13(5-6-16)14-10-15/h2-4,6-7,9-10H,5,8H2,1H3. The number of aryl methyl sites for hydroxylation is 1. The van der Waals surface area contributed by atoms with Gasteiger partial charge in [-0.05, 0) is 12.5 Å². The summed E-state index contributed by atoms with van der Waals surface area (Å²) in [4.78, 5) is 14.5. The number of nitrogens with zero attached hydrogens (tertiary/aromatic N) is 2. The SMILES string of the molecule is Cc1cccc(Cn2cnc(CC=O)c2)c1. The second kappa shape index (κ2) is 4.75. The molecule has 0 aliphatic rings. The van der Waals surface area contributed by atoms with Crippen molar-refractivity contribution in [1.29, 1.82) is 0 Å². The molecule has 0 aliphatic carbocycles. The van der Waals surface area contributed by atoms with Gasteiger partial charge in [0, 0.05) is 19.2 Å². The van der Waals surface area contributed by atoms with Gasteiger partial charge < -0.3 is 9.36 Å². The highest BCUT2D eigenvalue weighted by atomic mass is 16.1. The Morgan fingerprint density at radius 3 is 3.06 bits per heavy atom. The minimum Gasteiger partial charge on any atom is -0.333 e. The van der Waals surface area contributed by atoms with Gasteiger partial charge in [0.15, 0.2) is 0 Å². The fourth-order valence-electron chi connectivity index (χ4n) is 1.70. The van der Waals surface area contributed by atoms with Gasteiger partial charge in [0.25, 0.3) is 0 Å². The number of carbonyl (C=O) groups is 1. The number of hydrogen-bond donors (Lipinski definition) is 0. The lowest BCUT2D eigenvalue weighted by molar-refractivity contribution is -0.107. The summed E-state index contributed by atoms with van der Waals surface area (Å²) in [6, 6.07) is 8.37. The molecular formula is C13H14N2O. The second-order valence-corrected chi connectivity index (χ2v) is 3.90. The van der Waals surface area contributed by atoms with Crippen molar-refractivity contribution in [2.45, 2.75) is 19.9 Å². The third-order valence-electron chi connectivity index (χ3n) is 2.43. The summed E-state index contributed by atoms with van der Waals surface area (Å²) in [5, 5.41) is 0. The summed E-state index contributed by atoms with van der Waals surface area (Å²) in [5.74, 6) is 0. The second-order valence-electron chi connectivity index (χ2n) is 3.90. The average molecular weight is 214 g/mol. The van der Waals surface area contributed by atoms with Crippen LogP contribution >= 0.6 is 0 Å². The predicted octanol–water partition coefficient (Wildman–Crippen LogP) is 1.98. The van der Waals surface area contributed by atoms with Crippen LogP contribution in [0.25, 0.3) is 0 Å². The zero-order chi connectivity index (χ0) is 11.4. The van der Waals surface area contributed by atoms with Gasteiger partial charge in [-0.25, -0.2) is 4.98 Å². The summed E-state index contributed by atoms with van der Waals surface area (Å²) in [5.41, 5.74) is 3.32. The fraction of sp³-hybridized carbons (Fsp3) is 0.231. The quantitative estimate of drug-likeness (QED) is 0.729. The first-order valence-electron chi connectivity index (χ1n) is 5.28. The maximum absolute atomic E-state index is 10.3. The number of carbonyl (C=O) groups excluding carboxylic acids is 1. The highest BCUT2D eigenvalue weighted by Crippen LogP contribution is 2.07. The molecule has 0 saturated heterocycles. The molecule has 0 spiro atoms. The van der Waals surface area contributed by atoms with Crippen LogP contribution in [0.1, 0.15) is 16.8 Å². The smallest absolute Gasteiger partial charge is 0.125 e. The zero-order valence-corrected chi connectivity index (χ0v) is 9.26. The molecule has 1 heterocycles. The molecule has 0 atom stereocenters. The Hall–Kier alpha value is -1.90. The van der Waals surface area contributed by atoms with Crippen LogP contribution in [-0.4, -0.2) is 15.8 Å². The van der Waals surface area contributed by atoms with Gasteiger partial charge in [-0.15, -0.1) is 0 Å². The van der Waals surface area contributed by atoms with E-state index in [1.807, 2.05) is 16.8 Å². The zero-order valence-electron chi connectivity index (χ0n) is 9.26. The molecule has 2 aromatic rings. The van der Waals surface area contributed by atoms with Crippen molar-refractivity contribution in [3.63, 3.8) is 0 Å². The molecule has 0 N–H and O–H groups in total. The molecule has 0 bridgehead atoms. The number of imidazole rings is 1. The first-order chi connectivity index (χ1) is 7.78. The number of aldehydes is 1. The molecule has 3 heteroatoms. The van der Waals surface area contributed by atoms with Crippen LogP contribution in [0.4, 0.5) is 0 Å². The minimum atomic E-state index is 0.390. The topological polar surface area (TPSA) is 34.9 Å². The lowest BCUT2D eigenvalue weighted by Crippen LogP contribution is -1.96. The number of aromatic nitrogens is 2. The van der Waals surface area contributed by atoms with Crippen LogP contribution in [0.15, 0.2) is 36.8 Å². The molecule has 0 saturated carbocycles. The molecule has 0 aliphatic heterocycles. The van der Waals surface area contributed by atoms with E-state index in [2.05, 4.69) is 30.1 Å². The molecule has 16 heavy (non-hydrogen) atoms. The lowest BCUT2D eigenvalue weighted by atomic mass is 10.1. The van der Waals surface area contributed by atoms with Crippen molar-refractivity contribution in [2.75, 3.05) is 0 Å². The van der Waals surface area contributed by atoms with E-state index in [1.54, 1.807) is 6.33 Å². The third-order valence-corrected chi connectivity index (χ3v) is 2.43. The van der Waals surface area contributed by atoms with Crippen LogP contribution < -0.4 is 0 Å². The first kappa shape index (κ1) is 10.6. The van der Waals surface area contributed by atoms with E-state index < -0.39 is 0 Å². The number of hydrogen-bond acceptors (Lipinski definition) is 2. The summed E-state index contributed by atoms with van der Waals surface area (Å²) in [6.07, 6.45) is 4.94. The van der Waals surface area contributed by atoms with Crippen molar-refractivity contribution in [3.05, 3.63) is 53.6 Å². The Bertz CT molecular complexity index is 488. The van der Waals surface area contributed by atoms with E-state index in [-0.39, 0.29) is 0 Å². The third kappa shape index (κ3) is 2.57. The average Bonchev–Trinajstić information content (AvgIpc) is 2.66. The molecule has 0 fully saturated rings. The Kier molecular flexibility index (Phi) is 3.15. The molecule has 2 rings (SSSR count). The molecule has 0 amide bonds. The van der Waals surface area contributed by atoms with Crippen molar-refractivity contribution in [1.82, 2.24) is 9.55 Å². The summed E-state index contributed by atoms with van der Waals surface area (Å²) in [7, 11) is 0. The van der Waals surface area contributed by atoms with Crippen molar-refractivity contribution < 1.29 is 4.79 Å². The van der Waals surface area contributed by atoms with E-state index in [9.17, 15) is 4.79 Å². The lowest BCUT2D eigenvalue weighted by Gasteiger charge is -2.03. The normalized spacial score (nSPS) is 10.3. The highest BCUT2D eigenvalue weighted by molar-refractivity contribution is 5.53. The van der Waals surface area contributed by atoms with E-state index in [0.717, 1.165) is 18.5 Å². The molecule has 0 radical (unpaired) electrons.